The first-order valence-electron chi connectivity index (χ1n) is 6.44. The van der Waals surface area contributed by atoms with Gasteiger partial charge in [-0.25, -0.2) is 0 Å². The lowest BCUT2D eigenvalue weighted by molar-refractivity contribution is -0.144. The van der Waals surface area contributed by atoms with Gasteiger partial charge in [0.2, 0.25) is 17.7 Å². The third-order valence-electron chi connectivity index (χ3n) is 3.24. The van der Waals surface area contributed by atoms with Gasteiger partial charge in [-0.15, -0.1) is 5.10 Å². The second kappa shape index (κ2) is 5.32. The van der Waals surface area contributed by atoms with Crippen molar-refractivity contribution in [1.82, 2.24) is 15.2 Å². The van der Waals surface area contributed by atoms with E-state index in [1.54, 1.807) is 11.2 Å². The van der Waals surface area contributed by atoms with Crippen molar-refractivity contribution in [3.63, 3.8) is 0 Å². The van der Waals surface area contributed by atoms with Gasteiger partial charge in [0.25, 0.3) is 0 Å². The summed E-state index contributed by atoms with van der Waals surface area (Å²) in [4.78, 5) is 15.3. The number of nitrogens with one attached hydrogen (secondary N) is 2. The number of hydrogen-bond donors (Lipinski definition) is 2. The first-order valence-corrected chi connectivity index (χ1v) is 6.44. The van der Waals surface area contributed by atoms with Crippen LogP contribution in [0.1, 0.15) is 11.4 Å². The number of hydrogen-bond acceptors (Lipinski definition) is 4. The van der Waals surface area contributed by atoms with Crippen molar-refractivity contribution < 1.29 is 22.7 Å². The van der Waals surface area contributed by atoms with Crippen LogP contribution < -0.4 is 10.1 Å². The van der Waals surface area contributed by atoms with Crippen molar-refractivity contribution in [2.24, 2.45) is 5.92 Å². The molecule has 2 aromatic rings. The first-order chi connectivity index (χ1) is 10.4. The highest BCUT2D eigenvalue weighted by molar-refractivity contribution is 5.91. The van der Waals surface area contributed by atoms with E-state index < -0.39 is 29.8 Å². The predicted octanol–water partition coefficient (Wildman–Crippen LogP) is 2.01. The smallest absolute Gasteiger partial charge is 0.451 e. The van der Waals surface area contributed by atoms with Gasteiger partial charge >= 0.3 is 6.18 Å². The molecule has 0 aliphatic carbocycles. The van der Waals surface area contributed by atoms with Crippen molar-refractivity contribution >= 4 is 11.9 Å². The standard InChI is InChI=1S/C13H11F3N4O2/c14-13(15,16)11-18-12(20-19-11)17-10(21)8-5-7-3-1-2-4-9(7)22-6-8/h1-4,8H,5-6H2,(H2,17,18,19,20,21). The molecule has 9 heteroatoms. The van der Waals surface area contributed by atoms with Crippen molar-refractivity contribution in [2.45, 2.75) is 12.6 Å². The number of amides is 1. The Morgan fingerprint density at radius 1 is 1.36 bits per heavy atom. The molecule has 0 bridgehead atoms. The van der Waals surface area contributed by atoms with E-state index in [0.717, 1.165) is 5.56 Å². The number of halogens is 3. The van der Waals surface area contributed by atoms with E-state index >= 15 is 0 Å². The van der Waals surface area contributed by atoms with Gasteiger partial charge in [0.15, 0.2) is 0 Å². The van der Waals surface area contributed by atoms with Gasteiger partial charge < -0.3 is 4.74 Å². The molecule has 6 nitrogen and oxygen atoms in total. The molecule has 22 heavy (non-hydrogen) atoms. The number of carbonyl (C=O) groups is 1. The summed E-state index contributed by atoms with van der Waals surface area (Å²) < 4.78 is 42.6. The number of anilines is 1. The highest BCUT2D eigenvalue weighted by Gasteiger charge is 2.35. The number of benzene rings is 1. The molecule has 1 aliphatic rings. The van der Waals surface area contributed by atoms with E-state index in [0.29, 0.717) is 12.2 Å². The summed E-state index contributed by atoms with van der Waals surface area (Å²) in [6.07, 6.45) is -4.19. The van der Waals surface area contributed by atoms with Crippen LogP contribution in [0.25, 0.3) is 0 Å². The Morgan fingerprint density at radius 3 is 2.86 bits per heavy atom. The first kappa shape index (κ1) is 14.4. The zero-order valence-corrected chi connectivity index (χ0v) is 11.1. The molecule has 1 aromatic carbocycles. The summed E-state index contributed by atoms with van der Waals surface area (Å²) in [5.74, 6) is -1.95. The Hall–Kier alpha value is -2.58. The molecular formula is C13H11F3N4O2. The van der Waals surface area contributed by atoms with E-state index in [-0.39, 0.29) is 6.61 Å². The van der Waals surface area contributed by atoms with Crippen LogP contribution in [0.15, 0.2) is 24.3 Å². The van der Waals surface area contributed by atoms with E-state index in [2.05, 4.69) is 15.4 Å². The number of aromatic nitrogens is 3. The number of fused-ring (bicyclic) bond motifs is 1. The summed E-state index contributed by atoms with van der Waals surface area (Å²) in [6, 6.07) is 7.29. The Labute approximate surface area is 122 Å². The molecular weight excluding hydrogens is 301 g/mol. The Kier molecular flexibility index (Phi) is 3.47. The highest BCUT2D eigenvalue weighted by atomic mass is 19.4. The Morgan fingerprint density at radius 2 is 2.14 bits per heavy atom. The second-order valence-electron chi connectivity index (χ2n) is 4.81. The molecule has 1 atom stereocenters. The molecule has 1 aromatic heterocycles. The van der Waals surface area contributed by atoms with Crippen LogP contribution in [-0.4, -0.2) is 27.7 Å². The van der Waals surface area contributed by atoms with Crippen LogP contribution in [-0.2, 0) is 17.4 Å². The summed E-state index contributed by atoms with van der Waals surface area (Å²) >= 11 is 0. The minimum Gasteiger partial charge on any atom is -0.492 e. The quantitative estimate of drug-likeness (QED) is 0.889. The fourth-order valence-corrected chi connectivity index (χ4v) is 2.15. The van der Waals surface area contributed by atoms with Crippen molar-refractivity contribution in [3.8, 4) is 5.75 Å². The monoisotopic (exact) mass is 312 g/mol. The number of ether oxygens (including phenoxy) is 1. The lowest BCUT2D eigenvalue weighted by atomic mass is 9.96. The molecule has 2 heterocycles. The van der Waals surface area contributed by atoms with E-state index in [9.17, 15) is 18.0 Å². The molecule has 0 spiro atoms. The number of carbonyl (C=O) groups excluding carboxylic acids is 1. The molecule has 1 amide bonds. The number of para-hydroxylation sites is 1. The fourth-order valence-electron chi connectivity index (χ4n) is 2.15. The summed E-state index contributed by atoms with van der Waals surface area (Å²) in [6.45, 7) is 0.152. The van der Waals surface area contributed by atoms with Crippen LogP contribution in [0.3, 0.4) is 0 Å². The van der Waals surface area contributed by atoms with Gasteiger partial charge in [0.1, 0.15) is 12.4 Å². The topological polar surface area (TPSA) is 79.9 Å². The van der Waals surface area contributed by atoms with Crippen LogP contribution in [0.2, 0.25) is 0 Å². The van der Waals surface area contributed by atoms with Gasteiger partial charge in [-0.1, -0.05) is 18.2 Å². The van der Waals surface area contributed by atoms with Gasteiger partial charge in [-0.3, -0.25) is 15.2 Å². The minimum absolute atomic E-state index is 0.152. The maximum absolute atomic E-state index is 12.4. The van der Waals surface area contributed by atoms with Crippen LogP contribution >= 0.6 is 0 Å². The fraction of sp³-hybridized carbons (Fsp3) is 0.308. The van der Waals surface area contributed by atoms with E-state index in [1.807, 2.05) is 18.2 Å². The van der Waals surface area contributed by atoms with E-state index in [1.165, 1.54) is 0 Å². The highest BCUT2D eigenvalue weighted by Crippen LogP contribution is 2.28. The number of nitrogens with zero attached hydrogens (tertiary/aromatic N) is 2. The normalized spacial score (nSPS) is 17.5. The zero-order valence-electron chi connectivity index (χ0n) is 11.1. The molecule has 0 saturated carbocycles. The van der Waals surface area contributed by atoms with E-state index in [4.69, 9.17) is 4.74 Å². The maximum Gasteiger partial charge on any atom is 0.451 e. The van der Waals surface area contributed by atoms with Crippen molar-refractivity contribution in [3.05, 3.63) is 35.7 Å². The summed E-state index contributed by atoms with van der Waals surface area (Å²) in [7, 11) is 0. The molecule has 0 saturated heterocycles. The second-order valence-corrected chi connectivity index (χ2v) is 4.81. The van der Waals surface area contributed by atoms with Gasteiger partial charge in [-0.05, 0) is 18.1 Å². The minimum atomic E-state index is -4.64. The average Bonchev–Trinajstić information content (AvgIpc) is 2.95. The molecule has 3 rings (SSSR count). The molecule has 0 fully saturated rings. The van der Waals surface area contributed by atoms with Crippen LogP contribution in [0, 0.1) is 5.92 Å². The lowest BCUT2D eigenvalue weighted by Gasteiger charge is -2.23. The summed E-state index contributed by atoms with van der Waals surface area (Å²) in [5, 5.41) is 7.33. The number of aromatic amines is 1. The number of H-pyrrole nitrogens is 1. The molecule has 2 N–H and O–H groups in total. The summed E-state index contributed by atoms with van der Waals surface area (Å²) in [5.41, 5.74) is 0.875. The van der Waals surface area contributed by atoms with Gasteiger partial charge in [0, 0.05) is 0 Å². The van der Waals surface area contributed by atoms with Gasteiger partial charge in [0.05, 0.1) is 5.92 Å². The molecule has 0 radical (unpaired) electrons. The maximum atomic E-state index is 12.4. The number of rotatable bonds is 2. The van der Waals surface area contributed by atoms with Crippen LogP contribution in [0.5, 0.6) is 5.75 Å². The van der Waals surface area contributed by atoms with Crippen LogP contribution in [0.4, 0.5) is 19.1 Å². The molecule has 1 aliphatic heterocycles. The number of alkyl halides is 3. The zero-order chi connectivity index (χ0) is 15.7. The average molecular weight is 312 g/mol. The third-order valence-corrected chi connectivity index (χ3v) is 3.24. The molecule has 1 unspecified atom stereocenters. The largest absolute Gasteiger partial charge is 0.492 e. The Bertz CT molecular complexity index is 699. The predicted molar refractivity (Wildman–Crippen MR) is 69.1 cm³/mol. The van der Waals surface area contributed by atoms with Crippen molar-refractivity contribution in [1.29, 1.82) is 0 Å². The third kappa shape index (κ3) is 2.87. The SMILES string of the molecule is O=C(Nc1n[nH]c(C(F)(F)F)n1)C1COc2ccccc2C1. The van der Waals surface area contributed by atoms with Crippen molar-refractivity contribution in [2.75, 3.05) is 11.9 Å². The molecule has 116 valence electrons. The Balaban J connectivity index is 1.67. The van der Waals surface area contributed by atoms with Gasteiger partial charge in [-0.2, -0.15) is 18.2 Å². The lowest BCUT2D eigenvalue weighted by Crippen LogP contribution is -2.32.